The van der Waals surface area contributed by atoms with Gasteiger partial charge in [-0.2, -0.15) is 0 Å². The van der Waals surface area contributed by atoms with Crippen LogP contribution >= 0.6 is 11.6 Å². The molecule has 0 N–H and O–H groups in total. The zero-order chi connectivity index (χ0) is 11.0. The van der Waals surface area contributed by atoms with Crippen LogP contribution in [0.1, 0.15) is 32.1 Å². The van der Waals surface area contributed by atoms with E-state index < -0.39 is 0 Å². The van der Waals surface area contributed by atoms with Crippen molar-refractivity contribution in [2.75, 3.05) is 19.3 Å². The molecule has 16 heavy (non-hydrogen) atoms. The Kier molecular flexibility index (Phi) is 3.42. The smallest absolute Gasteiger partial charge is 0.147 e. The van der Waals surface area contributed by atoms with E-state index in [1.54, 1.807) is 0 Å². The van der Waals surface area contributed by atoms with Crippen LogP contribution in [0.5, 0.6) is 0 Å². The summed E-state index contributed by atoms with van der Waals surface area (Å²) < 4.78 is 11.3. The molecule has 2 nitrogen and oxygen atoms in total. The van der Waals surface area contributed by atoms with Gasteiger partial charge in [0.15, 0.2) is 0 Å². The lowest BCUT2D eigenvalue weighted by atomic mass is 9.55. The van der Waals surface area contributed by atoms with E-state index in [1.807, 2.05) is 0 Å². The van der Waals surface area contributed by atoms with Crippen molar-refractivity contribution in [2.45, 2.75) is 38.2 Å². The van der Waals surface area contributed by atoms with Gasteiger partial charge in [-0.15, -0.1) is 11.6 Å². The lowest BCUT2D eigenvalue weighted by Crippen LogP contribution is -2.49. The average Bonchev–Trinajstić information content (AvgIpc) is 2.26. The van der Waals surface area contributed by atoms with Crippen molar-refractivity contribution >= 4 is 11.6 Å². The van der Waals surface area contributed by atoms with Crippen LogP contribution in [0.4, 0.5) is 0 Å². The second-order valence-electron chi connectivity index (χ2n) is 5.78. The van der Waals surface area contributed by atoms with E-state index in [0.717, 1.165) is 23.7 Å². The predicted octanol–water partition coefficient (Wildman–Crippen LogP) is 3.04. The molecule has 0 aromatic carbocycles. The molecule has 0 heterocycles. The maximum atomic E-state index is 5.94. The molecule has 0 amide bonds. The Morgan fingerprint density at radius 2 is 1.56 bits per heavy atom. The molecule has 0 aromatic rings. The first kappa shape index (κ1) is 11.3. The highest BCUT2D eigenvalue weighted by Gasteiger charge is 2.48. The number of hydrogen-bond donors (Lipinski definition) is 0. The Morgan fingerprint density at radius 1 is 0.938 bits per heavy atom. The molecule has 92 valence electrons. The van der Waals surface area contributed by atoms with Gasteiger partial charge < -0.3 is 9.47 Å². The fraction of sp³-hybridized carbons (Fsp3) is 1.00. The van der Waals surface area contributed by atoms with E-state index in [-0.39, 0.29) is 0 Å². The molecular weight excluding hydrogens is 224 g/mol. The molecule has 4 rings (SSSR count). The van der Waals surface area contributed by atoms with Gasteiger partial charge in [0.25, 0.3) is 0 Å². The van der Waals surface area contributed by atoms with Crippen molar-refractivity contribution in [1.82, 2.24) is 0 Å². The summed E-state index contributed by atoms with van der Waals surface area (Å²) in [6.45, 7) is 1.05. The van der Waals surface area contributed by atoms with E-state index in [2.05, 4.69) is 0 Å². The SMILES string of the molecule is ClCCOCOC1C2CC3CC(C2)CC1C3. The molecule has 0 spiro atoms. The maximum Gasteiger partial charge on any atom is 0.147 e. The van der Waals surface area contributed by atoms with Gasteiger partial charge in [0.2, 0.25) is 0 Å². The van der Waals surface area contributed by atoms with Crippen molar-refractivity contribution < 1.29 is 9.47 Å². The highest BCUT2D eigenvalue weighted by molar-refractivity contribution is 6.17. The lowest BCUT2D eigenvalue weighted by Gasteiger charge is -2.53. The Hall–Kier alpha value is 0.210. The normalized spacial score (nSPS) is 45.2. The van der Waals surface area contributed by atoms with Crippen molar-refractivity contribution in [3.05, 3.63) is 0 Å². The van der Waals surface area contributed by atoms with Crippen LogP contribution in [0.25, 0.3) is 0 Å². The van der Waals surface area contributed by atoms with Crippen LogP contribution in [0, 0.1) is 23.7 Å². The highest BCUT2D eigenvalue weighted by atomic mass is 35.5. The molecule has 4 aliphatic carbocycles. The third-order valence-electron chi connectivity index (χ3n) is 4.71. The first-order chi connectivity index (χ1) is 7.86. The number of ether oxygens (including phenoxy) is 2. The third-order valence-corrected chi connectivity index (χ3v) is 4.86. The van der Waals surface area contributed by atoms with Crippen LogP contribution in [-0.2, 0) is 9.47 Å². The average molecular weight is 245 g/mol. The molecule has 0 aromatic heterocycles. The topological polar surface area (TPSA) is 18.5 Å². The quantitative estimate of drug-likeness (QED) is 0.421. The minimum atomic E-state index is 0.444. The second kappa shape index (κ2) is 4.83. The van der Waals surface area contributed by atoms with Gasteiger partial charge in [0, 0.05) is 5.88 Å². The first-order valence-electron chi connectivity index (χ1n) is 6.62. The maximum absolute atomic E-state index is 5.94. The fourth-order valence-electron chi connectivity index (χ4n) is 4.39. The van der Waals surface area contributed by atoms with Gasteiger partial charge in [-0.1, -0.05) is 0 Å². The highest BCUT2D eigenvalue weighted by Crippen LogP contribution is 2.54. The van der Waals surface area contributed by atoms with E-state index >= 15 is 0 Å². The van der Waals surface area contributed by atoms with Crippen LogP contribution in [0.3, 0.4) is 0 Å². The third kappa shape index (κ3) is 2.12. The van der Waals surface area contributed by atoms with E-state index in [4.69, 9.17) is 21.1 Å². The molecule has 0 aliphatic heterocycles. The van der Waals surface area contributed by atoms with Crippen LogP contribution in [-0.4, -0.2) is 25.4 Å². The molecular formula is C13H21ClO2. The molecule has 0 unspecified atom stereocenters. The number of hydrogen-bond acceptors (Lipinski definition) is 2. The summed E-state index contributed by atoms with van der Waals surface area (Å²) in [4.78, 5) is 0. The molecule has 4 bridgehead atoms. The minimum Gasteiger partial charge on any atom is -0.354 e. The van der Waals surface area contributed by atoms with E-state index in [0.29, 0.717) is 25.4 Å². The summed E-state index contributed by atoms with van der Waals surface area (Å²) in [5, 5.41) is 0. The van der Waals surface area contributed by atoms with Gasteiger partial charge in [-0.3, -0.25) is 0 Å². The van der Waals surface area contributed by atoms with Gasteiger partial charge in [-0.05, 0) is 55.8 Å². The number of halogens is 1. The molecule has 4 aliphatic rings. The van der Waals surface area contributed by atoms with Crippen LogP contribution in [0.2, 0.25) is 0 Å². The van der Waals surface area contributed by atoms with Gasteiger partial charge in [0.05, 0.1) is 12.7 Å². The molecule has 0 radical (unpaired) electrons. The zero-order valence-electron chi connectivity index (χ0n) is 9.74. The standard InChI is InChI=1S/C13H21ClO2/c14-1-2-15-8-16-13-11-4-9-3-10(6-11)7-12(13)5-9/h9-13H,1-8H2. The van der Waals surface area contributed by atoms with Crippen LogP contribution in [0.15, 0.2) is 0 Å². The van der Waals surface area contributed by atoms with Gasteiger partial charge >= 0.3 is 0 Å². The van der Waals surface area contributed by atoms with E-state index in [9.17, 15) is 0 Å². The molecule has 0 atom stereocenters. The van der Waals surface area contributed by atoms with Crippen molar-refractivity contribution in [2.24, 2.45) is 23.7 Å². The Bertz CT molecular complexity index is 216. The van der Waals surface area contributed by atoms with E-state index in [1.165, 1.54) is 32.1 Å². The second-order valence-corrected chi connectivity index (χ2v) is 6.16. The summed E-state index contributed by atoms with van der Waals surface area (Å²) in [5.74, 6) is 4.26. The van der Waals surface area contributed by atoms with Crippen LogP contribution < -0.4 is 0 Å². The largest absolute Gasteiger partial charge is 0.354 e. The number of rotatable bonds is 5. The molecule has 0 saturated heterocycles. The fourth-order valence-corrected chi connectivity index (χ4v) is 4.50. The first-order valence-corrected chi connectivity index (χ1v) is 7.15. The monoisotopic (exact) mass is 244 g/mol. The summed E-state index contributed by atoms with van der Waals surface area (Å²) in [7, 11) is 0. The summed E-state index contributed by atoms with van der Waals surface area (Å²) in [6.07, 6.45) is 7.63. The Balaban J connectivity index is 1.52. The van der Waals surface area contributed by atoms with Crippen molar-refractivity contribution in [3.8, 4) is 0 Å². The summed E-state index contributed by atoms with van der Waals surface area (Å²) in [5.41, 5.74) is 0. The summed E-state index contributed by atoms with van der Waals surface area (Å²) >= 11 is 5.56. The number of alkyl halides is 1. The van der Waals surface area contributed by atoms with Gasteiger partial charge in [-0.25, -0.2) is 0 Å². The predicted molar refractivity (Wildman–Crippen MR) is 63.5 cm³/mol. The van der Waals surface area contributed by atoms with Gasteiger partial charge in [0.1, 0.15) is 6.79 Å². The minimum absolute atomic E-state index is 0.444. The molecule has 4 saturated carbocycles. The Labute approximate surface area is 103 Å². The molecule has 3 heteroatoms. The summed E-state index contributed by atoms with van der Waals surface area (Å²) in [6, 6.07) is 0. The molecule has 4 fully saturated rings. The Morgan fingerprint density at radius 3 is 2.12 bits per heavy atom. The van der Waals surface area contributed by atoms with Crippen molar-refractivity contribution in [1.29, 1.82) is 0 Å². The lowest BCUT2D eigenvalue weighted by molar-refractivity contribution is -0.173. The van der Waals surface area contributed by atoms with Crippen molar-refractivity contribution in [3.63, 3.8) is 0 Å². The zero-order valence-corrected chi connectivity index (χ0v) is 10.5.